The minimum Gasteiger partial charge on any atom is -0.481 e. The smallest absolute Gasteiger partial charge is 0.213 e. The maximum Gasteiger partial charge on any atom is 0.213 e. The van der Waals surface area contributed by atoms with E-state index in [0.717, 1.165) is 17.4 Å². The average molecular weight is 248 g/mol. The molecule has 0 spiro atoms. The summed E-state index contributed by atoms with van der Waals surface area (Å²) in [6.07, 6.45) is 2.97. The lowest BCUT2D eigenvalue weighted by molar-refractivity contribution is 0.397. The minimum atomic E-state index is 0.572. The number of pyridine rings is 1. The molecule has 98 valence electrons. The van der Waals surface area contributed by atoms with Crippen molar-refractivity contribution >= 4 is 5.96 Å². The summed E-state index contributed by atoms with van der Waals surface area (Å²) >= 11 is 0. The number of nitrogens with zero attached hydrogens (tertiary/aromatic N) is 2. The molecule has 1 aromatic heterocycles. The first-order valence-electron chi connectivity index (χ1n) is 6.19. The molecule has 1 heterocycles. The first kappa shape index (κ1) is 12.7. The van der Waals surface area contributed by atoms with Crippen LogP contribution in [0.1, 0.15) is 18.9 Å². The zero-order chi connectivity index (χ0) is 13.0. The Labute approximate surface area is 108 Å². The van der Waals surface area contributed by atoms with Crippen molar-refractivity contribution in [2.24, 2.45) is 10.9 Å². The number of rotatable bonds is 4. The predicted molar refractivity (Wildman–Crippen MR) is 71.7 cm³/mol. The molecule has 0 aromatic carbocycles. The van der Waals surface area contributed by atoms with Crippen molar-refractivity contribution in [3.63, 3.8) is 0 Å². The summed E-state index contributed by atoms with van der Waals surface area (Å²) in [5, 5.41) is 6.67. The number of aromatic nitrogens is 1. The number of nitrogens with one attached hydrogen (secondary N) is 2. The molecule has 0 aliphatic heterocycles. The van der Waals surface area contributed by atoms with Crippen molar-refractivity contribution in [2.75, 3.05) is 14.2 Å². The molecular formula is C13H20N4O. The standard InChI is InChI=1S/C13H20N4O/c1-9-6-11(9)17-13(14-2)16-8-10-4-5-15-12(7-10)18-3/h4-5,7,9,11H,6,8H2,1-3H3,(H2,14,16,17). The summed E-state index contributed by atoms with van der Waals surface area (Å²) in [4.78, 5) is 8.29. The van der Waals surface area contributed by atoms with Crippen LogP contribution in [0, 0.1) is 5.92 Å². The highest BCUT2D eigenvalue weighted by Gasteiger charge is 2.33. The molecule has 2 N–H and O–H groups in total. The Bertz CT molecular complexity index is 433. The van der Waals surface area contributed by atoms with E-state index in [1.165, 1.54) is 6.42 Å². The van der Waals surface area contributed by atoms with E-state index in [9.17, 15) is 0 Å². The Morgan fingerprint density at radius 2 is 2.39 bits per heavy atom. The van der Waals surface area contributed by atoms with E-state index in [-0.39, 0.29) is 0 Å². The van der Waals surface area contributed by atoms with E-state index in [1.54, 1.807) is 20.4 Å². The summed E-state index contributed by atoms with van der Waals surface area (Å²) in [5.41, 5.74) is 1.12. The number of guanidine groups is 1. The molecule has 18 heavy (non-hydrogen) atoms. The van der Waals surface area contributed by atoms with Gasteiger partial charge in [-0.25, -0.2) is 4.98 Å². The molecule has 1 aromatic rings. The van der Waals surface area contributed by atoms with Crippen LogP contribution in [0.2, 0.25) is 0 Å². The summed E-state index contributed by atoms with van der Waals surface area (Å²) in [6, 6.07) is 4.45. The fourth-order valence-corrected chi connectivity index (χ4v) is 1.75. The first-order chi connectivity index (χ1) is 8.72. The molecule has 0 saturated heterocycles. The van der Waals surface area contributed by atoms with E-state index in [0.29, 0.717) is 18.5 Å². The summed E-state index contributed by atoms with van der Waals surface area (Å²) in [7, 11) is 3.41. The monoisotopic (exact) mass is 248 g/mol. The Morgan fingerprint density at radius 3 is 3.00 bits per heavy atom. The van der Waals surface area contributed by atoms with Crippen LogP contribution in [0.4, 0.5) is 0 Å². The number of methoxy groups -OCH3 is 1. The second-order valence-corrected chi connectivity index (χ2v) is 4.60. The lowest BCUT2D eigenvalue weighted by Crippen LogP contribution is -2.38. The van der Waals surface area contributed by atoms with Gasteiger partial charge in [0, 0.05) is 31.9 Å². The van der Waals surface area contributed by atoms with E-state index in [2.05, 4.69) is 27.5 Å². The molecule has 5 heteroatoms. The summed E-state index contributed by atoms with van der Waals surface area (Å²) in [5.74, 6) is 2.23. The van der Waals surface area contributed by atoms with Gasteiger partial charge in [-0.3, -0.25) is 4.99 Å². The number of hydrogen-bond donors (Lipinski definition) is 2. The van der Waals surface area contributed by atoms with E-state index in [4.69, 9.17) is 4.74 Å². The molecule has 2 unspecified atom stereocenters. The van der Waals surface area contributed by atoms with E-state index < -0.39 is 0 Å². The highest BCUT2D eigenvalue weighted by atomic mass is 16.5. The second kappa shape index (κ2) is 5.71. The van der Waals surface area contributed by atoms with Gasteiger partial charge in [-0.2, -0.15) is 0 Å². The van der Waals surface area contributed by atoms with Crippen molar-refractivity contribution in [3.05, 3.63) is 23.9 Å². The molecular weight excluding hydrogens is 228 g/mol. The molecule has 5 nitrogen and oxygen atoms in total. The topological polar surface area (TPSA) is 58.5 Å². The van der Waals surface area contributed by atoms with Gasteiger partial charge >= 0.3 is 0 Å². The molecule has 2 atom stereocenters. The van der Waals surface area contributed by atoms with Gasteiger partial charge < -0.3 is 15.4 Å². The Hall–Kier alpha value is -1.78. The molecule has 1 saturated carbocycles. The van der Waals surface area contributed by atoms with Gasteiger partial charge in [-0.05, 0) is 24.0 Å². The minimum absolute atomic E-state index is 0.572. The van der Waals surface area contributed by atoms with Gasteiger partial charge in [-0.15, -0.1) is 0 Å². The molecule has 2 rings (SSSR count). The summed E-state index contributed by atoms with van der Waals surface area (Å²) < 4.78 is 5.09. The van der Waals surface area contributed by atoms with Gasteiger partial charge in [0.05, 0.1) is 7.11 Å². The lowest BCUT2D eigenvalue weighted by Gasteiger charge is -2.11. The Balaban J connectivity index is 1.85. The van der Waals surface area contributed by atoms with Gasteiger partial charge in [0.1, 0.15) is 0 Å². The summed E-state index contributed by atoms with van der Waals surface area (Å²) in [6.45, 7) is 2.94. The second-order valence-electron chi connectivity index (χ2n) is 4.60. The molecule has 0 bridgehead atoms. The van der Waals surface area contributed by atoms with Crippen LogP contribution >= 0.6 is 0 Å². The predicted octanol–water partition coefficient (Wildman–Crippen LogP) is 1.16. The van der Waals surface area contributed by atoms with Crippen molar-refractivity contribution in [1.29, 1.82) is 0 Å². The molecule has 0 amide bonds. The molecule has 1 aliphatic rings. The van der Waals surface area contributed by atoms with Crippen LogP contribution < -0.4 is 15.4 Å². The Kier molecular flexibility index (Phi) is 4.02. The zero-order valence-corrected chi connectivity index (χ0v) is 11.1. The largest absolute Gasteiger partial charge is 0.481 e. The molecule has 1 aliphatic carbocycles. The molecule has 1 fully saturated rings. The van der Waals surface area contributed by atoms with Gasteiger partial charge in [-0.1, -0.05) is 6.92 Å². The van der Waals surface area contributed by atoms with Crippen LogP contribution in [-0.2, 0) is 6.54 Å². The SMILES string of the molecule is CN=C(NCc1ccnc(OC)c1)NC1CC1C. The van der Waals surface area contributed by atoms with Gasteiger partial charge in [0.15, 0.2) is 5.96 Å². The number of hydrogen-bond acceptors (Lipinski definition) is 3. The van der Waals surface area contributed by atoms with E-state index in [1.807, 2.05) is 12.1 Å². The number of aliphatic imine (C=N–C) groups is 1. The van der Waals surface area contributed by atoms with Crippen LogP contribution in [0.25, 0.3) is 0 Å². The highest BCUT2D eigenvalue weighted by molar-refractivity contribution is 5.80. The van der Waals surface area contributed by atoms with Crippen molar-refractivity contribution in [2.45, 2.75) is 25.9 Å². The van der Waals surface area contributed by atoms with Crippen molar-refractivity contribution in [3.8, 4) is 5.88 Å². The highest BCUT2D eigenvalue weighted by Crippen LogP contribution is 2.28. The third-order valence-corrected chi connectivity index (χ3v) is 3.12. The quantitative estimate of drug-likeness (QED) is 0.620. The lowest BCUT2D eigenvalue weighted by atomic mass is 10.2. The van der Waals surface area contributed by atoms with Gasteiger partial charge in [0.25, 0.3) is 0 Å². The third-order valence-electron chi connectivity index (χ3n) is 3.12. The fourth-order valence-electron chi connectivity index (χ4n) is 1.75. The molecule has 0 radical (unpaired) electrons. The number of ether oxygens (including phenoxy) is 1. The normalized spacial score (nSPS) is 22.5. The van der Waals surface area contributed by atoms with Crippen LogP contribution in [0.15, 0.2) is 23.3 Å². The third kappa shape index (κ3) is 3.35. The first-order valence-corrected chi connectivity index (χ1v) is 6.19. The fraction of sp³-hybridized carbons (Fsp3) is 0.538. The van der Waals surface area contributed by atoms with Crippen LogP contribution in [0.3, 0.4) is 0 Å². The van der Waals surface area contributed by atoms with Crippen LogP contribution in [-0.4, -0.2) is 31.1 Å². The Morgan fingerprint density at radius 1 is 1.61 bits per heavy atom. The maximum absolute atomic E-state index is 5.09. The maximum atomic E-state index is 5.09. The zero-order valence-electron chi connectivity index (χ0n) is 11.1. The van der Waals surface area contributed by atoms with Crippen LogP contribution in [0.5, 0.6) is 5.88 Å². The van der Waals surface area contributed by atoms with Gasteiger partial charge in [0.2, 0.25) is 5.88 Å². The van der Waals surface area contributed by atoms with E-state index >= 15 is 0 Å². The van der Waals surface area contributed by atoms with Crippen molar-refractivity contribution in [1.82, 2.24) is 15.6 Å². The van der Waals surface area contributed by atoms with Crippen molar-refractivity contribution < 1.29 is 4.74 Å². The average Bonchev–Trinajstić information content (AvgIpc) is 3.10.